The van der Waals surface area contributed by atoms with E-state index in [2.05, 4.69) is 18.2 Å². The van der Waals surface area contributed by atoms with E-state index in [1.54, 1.807) is 4.90 Å². The summed E-state index contributed by atoms with van der Waals surface area (Å²) in [7, 11) is 0. The van der Waals surface area contributed by atoms with Gasteiger partial charge in [-0.15, -0.1) is 0 Å². The molecule has 0 fully saturated rings. The number of carbonyl (C=O) groups excluding carboxylic acids is 1. The van der Waals surface area contributed by atoms with E-state index in [1.807, 2.05) is 37.5 Å². The van der Waals surface area contributed by atoms with E-state index in [-0.39, 0.29) is 6.09 Å². The van der Waals surface area contributed by atoms with Crippen LogP contribution in [0.3, 0.4) is 0 Å². The topological polar surface area (TPSA) is 42.4 Å². The minimum Gasteiger partial charge on any atom is -0.449 e. The van der Waals surface area contributed by atoms with Crippen LogP contribution >= 0.6 is 11.6 Å². The number of pyridine rings is 1. The van der Waals surface area contributed by atoms with Gasteiger partial charge in [-0.2, -0.15) is 0 Å². The normalized spacial score (nSPS) is 18.5. The summed E-state index contributed by atoms with van der Waals surface area (Å²) in [6, 6.07) is 10.2. The number of hydrogen-bond donors (Lipinski definition) is 0. The molecular weight excluding hydrogens is 360 g/mol. The van der Waals surface area contributed by atoms with Gasteiger partial charge in [-0.3, -0.25) is 9.88 Å². The van der Waals surface area contributed by atoms with Crippen LogP contribution in [0.1, 0.15) is 35.7 Å². The van der Waals surface area contributed by atoms with E-state index < -0.39 is 0 Å². The first-order valence-corrected chi connectivity index (χ1v) is 9.63. The van der Waals surface area contributed by atoms with Crippen molar-refractivity contribution in [1.29, 1.82) is 0 Å². The fourth-order valence-electron chi connectivity index (χ4n) is 3.75. The van der Waals surface area contributed by atoms with E-state index in [4.69, 9.17) is 21.3 Å². The Kier molecular flexibility index (Phi) is 4.99. The molecule has 1 aromatic carbocycles. The van der Waals surface area contributed by atoms with Crippen LogP contribution in [0.25, 0.3) is 5.57 Å². The number of benzene rings is 1. The fraction of sp³-hybridized carbons (Fsp3) is 0.273. The summed E-state index contributed by atoms with van der Waals surface area (Å²) < 4.78 is 5.10. The van der Waals surface area contributed by atoms with Gasteiger partial charge in [0.15, 0.2) is 0 Å². The van der Waals surface area contributed by atoms with Gasteiger partial charge >= 0.3 is 6.09 Å². The van der Waals surface area contributed by atoms with Crippen LogP contribution in [-0.4, -0.2) is 29.1 Å². The van der Waals surface area contributed by atoms with Crippen molar-refractivity contribution in [1.82, 2.24) is 9.88 Å². The van der Waals surface area contributed by atoms with E-state index in [0.717, 1.165) is 35.6 Å². The second-order valence-electron chi connectivity index (χ2n) is 6.67. The third kappa shape index (κ3) is 3.50. The lowest BCUT2D eigenvalue weighted by Gasteiger charge is -2.24. The zero-order valence-electron chi connectivity index (χ0n) is 15.2. The lowest BCUT2D eigenvalue weighted by atomic mass is 9.90. The predicted octanol–water partition coefficient (Wildman–Crippen LogP) is 5.01. The minimum atomic E-state index is -0.302. The first kappa shape index (κ1) is 17.8. The maximum Gasteiger partial charge on any atom is 0.413 e. The Bertz CT molecular complexity index is 949. The molecule has 4 nitrogen and oxygen atoms in total. The summed E-state index contributed by atoms with van der Waals surface area (Å²) in [5.74, 6) is 0. The molecule has 0 unspecified atom stereocenters. The third-order valence-electron chi connectivity index (χ3n) is 5.03. The van der Waals surface area contributed by atoms with Crippen molar-refractivity contribution in [2.75, 3.05) is 13.2 Å². The number of ether oxygens (including phenoxy) is 1. The molecule has 0 bridgehead atoms. The van der Waals surface area contributed by atoms with Crippen LogP contribution < -0.4 is 0 Å². The van der Waals surface area contributed by atoms with Gasteiger partial charge < -0.3 is 4.74 Å². The number of fused-ring (bicyclic) bond motifs is 2. The molecule has 1 aromatic heterocycles. The van der Waals surface area contributed by atoms with Crippen molar-refractivity contribution in [3.63, 3.8) is 0 Å². The number of aryl methyl sites for hydroxylation is 2. The monoisotopic (exact) mass is 380 g/mol. The largest absolute Gasteiger partial charge is 0.449 e. The molecule has 0 saturated heterocycles. The molecule has 4 rings (SSSR count). The number of hydrogen-bond acceptors (Lipinski definition) is 3. The van der Waals surface area contributed by atoms with E-state index in [1.165, 1.54) is 22.3 Å². The highest BCUT2D eigenvalue weighted by atomic mass is 35.5. The summed E-state index contributed by atoms with van der Waals surface area (Å²) >= 11 is 6.25. The van der Waals surface area contributed by atoms with Crippen LogP contribution in [0.5, 0.6) is 0 Å². The first-order chi connectivity index (χ1) is 13.2. The number of allylic oxidation sites excluding steroid dienone is 1. The van der Waals surface area contributed by atoms with Crippen molar-refractivity contribution in [3.8, 4) is 0 Å². The summed E-state index contributed by atoms with van der Waals surface area (Å²) in [6.45, 7) is 2.79. The average Bonchev–Trinajstić information content (AvgIpc) is 2.85. The van der Waals surface area contributed by atoms with Gasteiger partial charge in [0.2, 0.25) is 0 Å². The fourth-order valence-corrected chi connectivity index (χ4v) is 3.94. The molecule has 0 radical (unpaired) electrons. The van der Waals surface area contributed by atoms with E-state index in [9.17, 15) is 4.79 Å². The Morgan fingerprint density at radius 1 is 1.22 bits per heavy atom. The van der Waals surface area contributed by atoms with Gasteiger partial charge in [-0.25, -0.2) is 4.79 Å². The van der Waals surface area contributed by atoms with Crippen LogP contribution in [0, 0.1) is 0 Å². The van der Waals surface area contributed by atoms with Gasteiger partial charge in [-0.1, -0.05) is 23.7 Å². The van der Waals surface area contributed by atoms with Gasteiger partial charge in [0.1, 0.15) is 0 Å². The summed E-state index contributed by atoms with van der Waals surface area (Å²) in [4.78, 5) is 18.3. The molecule has 1 aliphatic carbocycles. The molecule has 138 valence electrons. The Morgan fingerprint density at radius 3 is 2.85 bits per heavy atom. The van der Waals surface area contributed by atoms with E-state index >= 15 is 0 Å². The number of rotatable bonds is 1. The molecule has 0 atom stereocenters. The number of halogens is 1. The SMILES string of the molecule is CCOC(=O)N1C=C/C(=C2/c3ccc(Cl)cc3CCc3cccnc32)CC1. The predicted molar refractivity (Wildman–Crippen MR) is 107 cm³/mol. The smallest absolute Gasteiger partial charge is 0.413 e. The van der Waals surface area contributed by atoms with Crippen LogP contribution in [0.2, 0.25) is 5.02 Å². The maximum atomic E-state index is 12.0. The maximum absolute atomic E-state index is 12.0. The van der Waals surface area contributed by atoms with Gasteiger partial charge in [0, 0.05) is 29.5 Å². The zero-order valence-corrected chi connectivity index (χ0v) is 16.0. The highest BCUT2D eigenvalue weighted by molar-refractivity contribution is 6.30. The van der Waals surface area contributed by atoms with Crippen molar-refractivity contribution in [2.45, 2.75) is 26.2 Å². The van der Waals surface area contributed by atoms with Gasteiger partial charge in [0.25, 0.3) is 0 Å². The summed E-state index contributed by atoms with van der Waals surface area (Å²) in [6.07, 6.45) is 7.99. The molecule has 2 heterocycles. The molecule has 0 N–H and O–H groups in total. The second kappa shape index (κ2) is 7.57. The molecular formula is C22H21ClN2O2. The molecule has 0 spiro atoms. The summed E-state index contributed by atoms with van der Waals surface area (Å²) in [5, 5.41) is 0.754. The lowest BCUT2D eigenvalue weighted by molar-refractivity contribution is 0.122. The van der Waals surface area contributed by atoms with E-state index in [0.29, 0.717) is 13.2 Å². The average molecular weight is 381 g/mol. The Balaban J connectivity index is 1.83. The van der Waals surface area contributed by atoms with Crippen molar-refractivity contribution < 1.29 is 9.53 Å². The number of carbonyl (C=O) groups is 1. The third-order valence-corrected chi connectivity index (χ3v) is 5.26. The molecule has 2 aromatic rings. The van der Waals surface area contributed by atoms with Crippen LogP contribution in [0.4, 0.5) is 4.79 Å². The lowest BCUT2D eigenvalue weighted by Crippen LogP contribution is -2.29. The number of aromatic nitrogens is 1. The van der Waals surface area contributed by atoms with Gasteiger partial charge in [0.05, 0.1) is 12.3 Å². The molecule has 27 heavy (non-hydrogen) atoms. The number of nitrogens with zero attached hydrogens (tertiary/aromatic N) is 2. The zero-order chi connectivity index (χ0) is 18.8. The minimum absolute atomic E-state index is 0.302. The van der Waals surface area contributed by atoms with Crippen molar-refractivity contribution in [2.24, 2.45) is 0 Å². The quantitative estimate of drug-likeness (QED) is 0.698. The number of amides is 1. The Labute approximate surface area is 164 Å². The van der Waals surface area contributed by atoms with Crippen molar-refractivity contribution >= 4 is 23.3 Å². The van der Waals surface area contributed by atoms with Crippen molar-refractivity contribution in [3.05, 3.63) is 81.8 Å². The highest BCUT2D eigenvalue weighted by Gasteiger charge is 2.24. The van der Waals surface area contributed by atoms with Crippen LogP contribution in [0.15, 0.2) is 54.4 Å². The molecule has 1 aliphatic heterocycles. The Hall–Kier alpha value is -2.59. The second-order valence-corrected chi connectivity index (χ2v) is 7.11. The molecule has 2 aliphatic rings. The highest BCUT2D eigenvalue weighted by Crippen LogP contribution is 2.37. The molecule has 0 saturated carbocycles. The Morgan fingerprint density at radius 2 is 2.07 bits per heavy atom. The standard InChI is InChI=1S/C22H21ClN2O2/c1-2-27-22(26)25-12-9-15(10-13-25)20-19-8-7-18(23)14-17(19)6-5-16-4-3-11-24-21(16)20/h3-4,7-9,11-12,14H,2,5-6,10,13H2,1H3/b20-15+. The first-order valence-electron chi connectivity index (χ1n) is 9.25. The summed E-state index contributed by atoms with van der Waals surface area (Å²) in [5.41, 5.74) is 7.03. The van der Waals surface area contributed by atoms with Crippen LogP contribution in [-0.2, 0) is 17.6 Å². The van der Waals surface area contributed by atoms with Gasteiger partial charge in [-0.05, 0) is 72.7 Å². The molecule has 1 amide bonds. The molecule has 5 heteroatoms.